The van der Waals surface area contributed by atoms with Gasteiger partial charge in [-0.3, -0.25) is 0 Å². The fourth-order valence-electron chi connectivity index (χ4n) is 1.66. The van der Waals surface area contributed by atoms with Crippen LogP contribution in [0.4, 0.5) is 0 Å². The van der Waals surface area contributed by atoms with E-state index in [9.17, 15) is 4.57 Å². The second kappa shape index (κ2) is 7.39. The molecule has 0 saturated carbocycles. The quantitative estimate of drug-likeness (QED) is 0.385. The molecule has 0 atom stereocenters. The van der Waals surface area contributed by atoms with Crippen molar-refractivity contribution in [2.75, 3.05) is 0 Å². The number of phosphoric acid groups is 1. The van der Waals surface area contributed by atoms with Crippen molar-refractivity contribution >= 4 is 7.82 Å². The molecule has 0 amide bonds. The van der Waals surface area contributed by atoms with Crippen LogP contribution < -0.4 is 9.05 Å². The lowest BCUT2D eigenvalue weighted by molar-refractivity contribution is -0.284. The van der Waals surface area contributed by atoms with Crippen LogP contribution in [-0.4, -0.2) is 5.60 Å². The van der Waals surface area contributed by atoms with Gasteiger partial charge in [-0.1, -0.05) is 35.4 Å². The Bertz CT molecular complexity index is 650. The van der Waals surface area contributed by atoms with Gasteiger partial charge in [-0.05, 0) is 58.9 Å². The zero-order valence-electron chi connectivity index (χ0n) is 14.6. The van der Waals surface area contributed by atoms with E-state index in [0.29, 0.717) is 11.5 Å². The highest BCUT2D eigenvalue weighted by Crippen LogP contribution is 2.50. The summed E-state index contributed by atoms with van der Waals surface area (Å²) in [5, 5.41) is 0. The van der Waals surface area contributed by atoms with Crippen LogP contribution in [0.15, 0.2) is 48.5 Å². The van der Waals surface area contributed by atoms with Gasteiger partial charge in [-0.15, -0.1) is 4.67 Å². The van der Waals surface area contributed by atoms with E-state index >= 15 is 0 Å². The van der Waals surface area contributed by atoms with Crippen LogP contribution in [0, 0.1) is 13.8 Å². The highest BCUT2D eigenvalue weighted by molar-refractivity contribution is 7.49. The summed E-state index contributed by atoms with van der Waals surface area (Å²) in [4.78, 5) is 5.17. The molecule has 0 heterocycles. The van der Waals surface area contributed by atoms with E-state index in [1.54, 1.807) is 45.0 Å². The fraction of sp³-hybridized carbons (Fsp3) is 0.333. The lowest BCUT2D eigenvalue weighted by Gasteiger charge is -2.22. The first-order chi connectivity index (χ1) is 11.2. The van der Waals surface area contributed by atoms with Crippen LogP contribution in [0.25, 0.3) is 0 Å². The molecule has 0 N–H and O–H groups in total. The van der Waals surface area contributed by atoms with E-state index in [-0.39, 0.29) is 0 Å². The van der Waals surface area contributed by atoms with Crippen molar-refractivity contribution in [3.05, 3.63) is 59.7 Å². The molecule has 0 aliphatic heterocycles. The molecule has 2 aromatic rings. The Morgan fingerprint density at radius 3 is 1.46 bits per heavy atom. The highest BCUT2D eigenvalue weighted by atomic mass is 31.2. The topological polar surface area (TPSA) is 54.0 Å². The lowest BCUT2D eigenvalue weighted by atomic mass is 10.2. The van der Waals surface area contributed by atoms with Crippen molar-refractivity contribution in [1.82, 2.24) is 0 Å². The summed E-state index contributed by atoms with van der Waals surface area (Å²) in [6.45, 7) is 9.22. The third kappa shape index (κ3) is 6.00. The van der Waals surface area contributed by atoms with Crippen molar-refractivity contribution in [2.45, 2.75) is 40.2 Å². The summed E-state index contributed by atoms with van der Waals surface area (Å²) in [5.41, 5.74) is 1.45. The third-order valence-corrected chi connectivity index (χ3v) is 3.98. The fourth-order valence-corrected chi connectivity index (χ4v) is 2.84. The van der Waals surface area contributed by atoms with Gasteiger partial charge in [-0.25, -0.2) is 9.45 Å². The van der Waals surface area contributed by atoms with E-state index in [2.05, 4.69) is 0 Å². The first-order valence-electron chi connectivity index (χ1n) is 7.65. The molecule has 0 saturated heterocycles. The zero-order chi connectivity index (χ0) is 17.8. The van der Waals surface area contributed by atoms with E-state index in [0.717, 1.165) is 11.1 Å². The molecular formula is C18H23O5P. The maximum Gasteiger partial charge on any atom is 0.615 e. The second-order valence-corrected chi connectivity index (χ2v) is 7.93. The Morgan fingerprint density at radius 2 is 1.12 bits per heavy atom. The maximum absolute atomic E-state index is 13.0. The number of benzene rings is 2. The molecule has 24 heavy (non-hydrogen) atoms. The summed E-state index contributed by atoms with van der Waals surface area (Å²) in [7, 11) is -4.01. The summed E-state index contributed by atoms with van der Waals surface area (Å²) in [6, 6.07) is 14.2. The molecule has 2 rings (SSSR count). The minimum Gasteiger partial charge on any atom is -0.394 e. The number of aryl methyl sites for hydroxylation is 2. The SMILES string of the molecule is Cc1ccc(OP(=O)(OOC(C)(C)C)Oc2ccc(C)cc2)cc1. The Hall–Kier alpha value is -1.81. The monoisotopic (exact) mass is 350 g/mol. The zero-order valence-corrected chi connectivity index (χ0v) is 15.5. The molecule has 2 aromatic carbocycles. The molecule has 0 radical (unpaired) electrons. The Labute approximate surface area is 143 Å². The molecule has 6 heteroatoms. The lowest BCUT2D eigenvalue weighted by Crippen LogP contribution is -2.20. The molecule has 0 unspecified atom stereocenters. The minimum atomic E-state index is -4.01. The van der Waals surface area contributed by atoms with Crippen molar-refractivity contribution in [1.29, 1.82) is 0 Å². The Kier molecular flexibility index (Phi) is 5.70. The number of phosphoric ester groups is 1. The first kappa shape index (κ1) is 18.5. The van der Waals surface area contributed by atoms with Crippen LogP contribution in [-0.2, 0) is 14.1 Å². The van der Waals surface area contributed by atoms with Gasteiger partial charge >= 0.3 is 7.82 Å². The number of hydrogen-bond donors (Lipinski definition) is 0. The molecule has 0 fully saturated rings. The Morgan fingerprint density at radius 1 is 0.750 bits per heavy atom. The molecule has 0 aliphatic rings. The van der Waals surface area contributed by atoms with Gasteiger partial charge < -0.3 is 9.05 Å². The first-order valence-corrected chi connectivity index (χ1v) is 9.11. The van der Waals surface area contributed by atoms with Gasteiger partial charge in [0, 0.05) is 0 Å². The number of hydrogen-bond acceptors (Lipinski definition) is 5. The molecule has 0 spiro atoms. The maximum atomic E-state index is 13.0. The van der Waals surface area contributed by atoms with Gasteiger partial charge in [0.1, 0.15) is 11.5 Å². The van der Waals surface area contributed by atoms with Crippen LogP contribution >= 0.6 is 7.82 Å². The van der Waals surface area contributed by atoms with Crippen LogP contribution in [0.5, 0.6) is 11.5 Å². The van der Waals surface area contributed by atoms with Crippen LogP contribution in [0.1, 0.15) is 31.9 Å². The van der Waals surface area contributed by atoms with Gasteiger partial charge in [0.25, 0.3) is 0 Å². The molecular weight excluding hydrogens is 327 g/mol. The molecule has 0 bridgehead atoms. The molecule has 0 aliphatic carbocycles. The Balaban J connectivity index is 2.20. The predicted molar refractivity (Wildman–Crippen MR) is 93.1 cm³/mol. The van der Waals surface area contributed by atoms with Gasteiger partial charge in [0.05, 0.1) is 5.60 Å². The van der Waals surface area contributed by atoms with Gasteiger partial charge in [-0.2, -0.15) is 0 Å². The largest absolute Gasteiger partial charge is 0.615 e. The second-order valence-electron chi connectivity index (χ2n) is 6.53. The van der Waals surface area contributed by atoms with Gasteiger partial charge in [0.2, 0.25) is 0 Å². The van der Waals surface area contributed by atoms with Crippen molar-refractivity contribution in [3.63, 3.8) is 0 Å². The highest BCUT2D eigenvalue weighted by Gasteiger charge is 2.35. The normalized spacial score (nSPS) is 12.0. The number of rotatable bonds is 6. The smallest absolute Gasteiger partial charge is 0.394 e. The summed E-state index contributed by atoms with van der Waals surface area (Å²) < 4.78 is 29.0. The third-order valence-electron chi connectivity index (χ3n) is 2.85. The molecule has 5 nitrogen and oxygen atoms in total. The molecule has 0 aromatic heterocycles. The minimum absolute atomic E-state index is 0.369. The summed E-state index contributed by atoms with van der Waals surface area (Å²) >= 11 is 0. The molecule has 130 valence electrons. The van der Waals surface area contributed by atoms with E-state index < -0.39 is 13.4 Å². The standard InChI is InChI=1S/C18H23O5P/c1-14-6-10-16(11-7-14)20-24(19,23-22-18(3,4)5)21-17-12-8-15(2)9-13-17/h6-13H,1-5H3. The average Bonchev–Trinajstić information content (AvgIpc) is 2.50. The van der Waals surface area contributed by atoms with Crippen LogP contribution in [0.3, 0.4) is 0 Å². The van der Waals surface area contributed by atoms with Crippen molar-refractivity contribution in [3.8, 4) is 11.5 Å². The van der Waals surface area contributed by atoms with E-state index in [1.165, 1.54) is 0 Å². The van der Waals surface area contributed by atoms with Gasteiger partial charge in [0.15, 0.2) is 0 Å². The summed E-state index contributed by atoms with van der Waals surface area (Å²) in [6.07, 6.45) is 0. The van der Waals surface area contributed by atoms with Crippen LogP contribution in [0.2, 0.25) is 0 Å². The summed E-state index contributed by atoms with van der Waals surface area (Å²) in [5.74, 6) is 0.738. The average molecular weight is 350 g/mol. The van der Waals surface area contributed by atoms with Crippen molar-refractivity contribution in [2.24, 2.45) is 0 Å². The van der Waals surface area contributed by atoms with E-state index in [1.807, 2.05) is 38.1 Å². The predicted octanol–water partition coefficient (Wildman–Crippen LogP) is 5.62. The van der Waals surface area contributed by atoms with E-state index in [4.69, 9.17) is 18.6 Å². The van der Waals surface area contributed by atoms with Crippen molar-refractivity contribution < 1.29 is 23.2 Å².